The fraction of sp³-hybridized carbons (Fsp3) is 0.625. The van der Waals surface area contributed by atoms with Gasteiger partial charge in [0.2, 0.25) is 0 Å². The molecule has 112 valence electrons. The predicted octanol–water partition coefficient (Wildman–Crippen LogP) is 3.68. The highest BCUT2D eigenvalue weighted by Crippen LogP contribution is 2.37. The average Bonchev–Trinajstić information content (AvgIpc) is 2.89. The summed E-state index contributed by atoms with van der Waals surface area (Å²) >= 11 is 3.52. The van der Waals surface area contributed by atoms with Crippen molar-refractivity contribution in [3.63, 3.8) is 0 Å². The average molecular weight is 342 g/mol. The van der Waals surface area contributed by atoms with Crippen molar-refractivity contribution in [1.82, 2.24) is 0 Å². The third-order valence-corrected chi connectivity index (χ3v) is 4.73. The highest BCUT2D eigenvalue weighted by molar-refractivity contribution is 9.10. The number of hydrogen-bond acceptors (Lipinski definition) is 3. The van der Waals surface area contributed by atoms with E-state index in [0.717, 1.165) is 41.7 Å². The third kappa shape index (κ3) is 3.35. The molecule has 4 heteroatoms. The van der Waals surface area contributed by atoms with E-state index in [2.05, 4.69) is 22.0 Å². The first kappa shape index (κ1) is 15.8. The van der Waals surface area contributed by atoms with Gasteiger partial charge in [0, 0.05) is 17.1 Å². The molecule has 0 aliphatic heterocycles. The van der Waals surface area contributed by atoms with Crippen molar-refractivity contribution >= 4 is 15.9 Å². The Hall–Kier alpha value is -0.580. The lowest BCUT2D eigenvalue weighted by molar-refractivity contribution is -0.0525. The molecule has 0 saturated heterocycles. The molecule has 1 atom stereocenters. The van der Waals surface area contributed by atoms with Crippen molar-refractivity contribution in [2.24, 2.45) is 5.73 Å². The number of methoxy groups -OCH3 is 1. The Labute approximate surface area is 130 Å². The fourth-order valence-electron chi connectivity index (χ4n) is 3.21. The van der Waals surface area contributed by atoms with Crippen LogP contribution in [0.5, 0.6) is 5.75 Å². The van der Waals surface area contributed by atoms with E-state index >= 15 is 0 Å². The van der Waals surface area contributed by atoms with Crippen molar-refractivity contribution < 1.29 is 9.47 Å². The smallest absolute Gasteiger partial charge is 0.122 e. The Kier molecular flexibility index (Phi) is 5.47. The zero-order valence-electron chi connectivity index (χ0n) is 12.3. The van der Waals surface area contributed by atoms with Gasteiger partial charge in [-0.2, -0.15) is 0 Å². The van der Waals surface area contributed by atoms with Gasteiger partial charge < -0.3 is 15.2 Å². The van der Waals surface area contributed by atoms with Gasteiger partial charge in [-0.05, 0) is 49.9 Å². The Balaban J connectivity index is 2.17. The molecule has 1 saturated carbocycles. The van der Waals surface area contributed by atoms with Gasteiger partial charge in [0.25, 0.3) is 0 Å². The van der Waals surface area contributed by atoms with Gasteiger partial charge in [0.15, 0.2) is 0 Å². The van der Waals surface area contributed by atoms with Crippen LogP contribution < -0.4 is 10.5 Å². The minimum atomic E-state index is -0.151. The van der Waals surface area contributed by atoms with Crippen LogP contribution in [0.4, 0.5) is 0 Å². The van der Waals surface area contributed by atoms with E-state index < -0.39 is 0 Å². The lowest BCUT2D eigenvalue weighted by atomic mass is 9.87. The number of halogens is 1. The maximum atomic E-state index is 6.51. The van der Waals surface area contributed by atoms with Gasteiger partial charge in [-0.1, -0.05) is 28.8 Å². The summed E-state index contributed by atoms with van der Waals surface area (Å²) in [5.74, 6) is 0.897. The van der Waals surface area contributed by atoms with Crippen LogP contribution in [0, 0.1) is 0 Å². The van der Waals surface area contributed by atoms with Crippen LogP contribution in [0.3, 0.4) is 0 Å². The molecule has 20 heavy (non-hydrogen) atoms. The Morgan fingerprint density at radius 3 is 2.65 bits per heavy atom. The molecule has 1 unspecified atom stereocenters. The lowest BCUT2D eigenvalue weighted by Crippen LogP contribution is -2.49. The summed E-state index contributed by atoms with van der Waals surface area (Å²) in [7, 11) is 1.70. The van der Waals surface area contributed by atoms with Crippen LogP contribution in [-0.4, -0.2) is 25.4 Å². The van der Waals surface area contributed by atoms with E-state index in [-0.39, 0.29) is 11.6 Å². The second kappa shape index (κ2) is 6.92. The zero-order valence-corrected chi connectivity index (χ0v) is 13.9. The van der Waals surface area contributed by atoms with E-state index in [9.17, 15) is 0 Å². The molecule has 1 fully saturated rings. The largest absolute Gasteiger partial charge is 0.496 e. The Bertz CT molecular complexity index is 444. The molecule has 0 spiro atoms. The van der Waals surface area contributed by atoms with Crippen LogP contribution in [0.1, 0.15) is 38.2 Å². The fourth-order valence-corrected chi connectivity index (χ4v) is 3.62. The minimum absolute atomic E-state index is 0.00755. The molecule has 1 aromatic rings. The van der Waals surface area contributed by atoms with Crippen LogP contribution in [0.25, 0.3) is 0 Å². The summed E-state index contributed by atoms with van der Waals surface area (Å²) < 4.78 is 12.5. The molecule has 0 bridgehead atoms. The predicted molar refractivity (Wildman–Crippen MR) is 85.2 cm³/mol. The van der Waals surface area contributed by atoms with Crippen LogP contribution >= 0.6 is 15.9 Å². The van der Waals surface area contributed by atoms with Gasteiger partial charge in [-0.3, -0.25) is 0 Å². The standard InChI is InChI=1S/C16H24BrNO2/c1-3-20-16(8-4-5-9-16)15(18)11-12-10-13(17)6-7-14(12)19-2/h6-7,10,15H,3-5,8-9,11,18H2,1-2H3. The normalized spacial score (nSPS) is 19.0. The van der Waals surface area contributed by atoms with Gasteiger partial charge in [0.1, 0.15) is 5.75 Å². The highest BCUT2D eigenvalue weighted by atomic mass is 79.9. The first-order valence-electron chi connectivity index (χ1n) is 7.33. The number of rotatable bonds is 6. The second-order valence-corrected chi connectivity index (χ2v) is 6.39. The van der Waals surface area contributed by atoms with Crippen molar-refractivity contribution in [3.8, 4) is 5.75 Å². The van der Waals surface area contributed by atoms with Gasteiger partial charge >= 0.3 is 0 Å². The molecule has 0 radical (unpaired) electrons. The van der Waals surface area contributed by atoms with Gasteiger partial charge in [-0.25, -0.2) is 0 Å². The number of benzene rings is 1. The summed E-state index contributed by atoms with van der Waals surface area (Å²) in [6.45, 7) is 2.77. The second-order valence-electron chi connectivity index (χ2n) is 5.47. The summed E-state index contributed by atoms with van der Waals surface area (Å²) in [5, 5.41) is 0. The van der Waals surface area contributed by atoms with E-state index in [0.29, 0.717) is 0 Å². The Morgan fingerprint density at radius 2 is 2.05 bits per heavy atom. The number of ether oxygens (including phenoxy) is 2. The van der Waals surface area contributed by atoms with E-state index in [4.69, 9.17) is 15.2 Å². The quantitative estimate of drug-likeness (QED) is 0.858. The van der Waals surface area contributed by atoms with E-state index in [1.807, 2.05) is 19.1 Å². The molecule has 0 aromatic heterocycles. The molecular formula is C16H24BrNO2. The number of nitrogens with two attached hydrogens (primary N) is 1. The summed E-state index contributed by atoms with van der Waals surface area (Å²) in [6, 6.07) is 6.07. The minimum Gasteiger partial charge on any atom is -0.496 e. The van der Waals surface area contributed by atoms with Crippen LogP contribution in [0.15, 0.2) is 22.7 Å². The van der Waals surface area contributed by atoms with Crippen LogP contribution in [0.2, 0.25) is 0 Å². The van der Waals surface area contributed by atoms with Crippen molar-refractivity contribution in [2.75, 3.05) is 13.7 Å². The number of hydrogen-bond donors (Lipinski definition) is 1. The van der Waals surface area contributed by atoms with E-state index in [1.54, 1.807) is 7.11 Å². The summed E-state index contributed by atoms with van der Waals surface area (Å²) in [5.41, 5.74) is 7.50. The third-order valence-electron chi connectivity index (χ3n) is 4.24. The van der Waals surface area contributed by atoms with Gasteiger partial charge in [-0.15, -0.1) is 0 Å². The molecule has 0 amide bonds. The topological polar surface area (TPSA) is 44.5 Å². The Morgan fingerprint density at radius 1 is 1.35 bits per heavy atom. The maximum Gasteiger partial charge on any atom is 0.122 e. The first-order chi connectivity index (χ1) is 9.61. The monoisotopic (exact) mass is 341 g/mol. The molecule has 3 nitrogen and oxygen atoms in total. The molecule has 2 N–H and O–H groups in total. The highest BCUT2D eigenvalue weighted by Gasteiger charge is 2.40. The first-order valence-corrected chi connectivity index (χ1v) is 8.12. The van der Waals surface area contributed by atoms with Crippen molar-refractivity contribution in [1.29, 1.82) is 0 Å². The van der Waals surface area contributed by atoms with E-state index in [1.165, 1.54) is 12.8 Å². The van der Waals surface area contributed by atoms with Crippen molar-refractivity contribution in [2.45, 2.75) is 50.7 Å². The van der Waals surface area contributed by atoms with Crippen LogP contribution in [-0.2, 0) is 11.2 Å². The zero-order chi connectivity index (χ0) is 14.6. The molecule has 1 aliphatic carbocycles. The maximum absolute atomic E-state index is 6.51. The summed E-state index contributed by atoms with van der Waals surface area (Å²) in [6.07, 6.45) is 5.34. The summed E-state index contributed by atoms with van der Waals surface area (Å²) in [4.78, 5) is 0. The molecule has 1 aromatic carbocycles. The lowest BCUT2D eigenvalue weighted by Gasteiger charge is -2.35. The van der Waals surface area contributed by atoms with Crippen molar-refractivity contribution in [3.05, 3.63) is 28.2 Å². The molecule has 0 heterocycles. The molecule has 2 rings (SSSR count). The molecule has 1 aliphatic rings. The SMILES string of the molecule is CCOC1(C(N)Cc2cc(Br)ccc2OC)CCCC1. The van der Waals surface area contributed by atoms with Gasteiger partial charge in [0.05, 0.1) is 12.7 Å². The molecular weight excluding hydrogens is 318 g/mol.